The molecule has 0 radical (unpaired) electrons. The Balaban J connectivity index is 2.08. The van der Waals surface area contributed by atoms with E-state index in [9.17, 15) is 0 Å². The minimum Gasteiger partial charge on any atom is -0.496 e. The predicted octanol–water partition coefficient (Wildman–Crippen LogP) is 3.44. The summed E-state index contributed by atoms with van der Waals surface area (Å²) in [6, 6.07) is 6.35. The number of thioether (sulfide) groups is 2. The van der Waals surface area contributed by atoms with E-state index in [1.807, 2.05) is 24.0 Å². The van der Waals surface area contributed by atoms with Crippen LogP contribution < -0.4 is 4.74 Å². The SMILES string of the molecule is COc1cc(CSc2nccn2C)ccc1SC. The largest absolute Gasteiger partial charge is 0.496 e. The summed E-state index contributed by atoms with van der Waals surface area (Å²) in [5.74, 6) is 1.84. The van der Waals surface area contributed by atoms with Crippen molar-refractivity contribution in [1.82, 2.24) is 9.55 Å². The first-order chi connectivity index (χ1) is 8.74. The molecule has 5 heteroatoms. The van der Waals surface area contributed by atoms with Gasteiger partial charge in [0.05, 0.1) is 7.11 Å². The van der Waals surface area contributed by atoms with Gasteiger partial charge in [0.2, 0.25) is 0 Å². The fourth-order valence-corrected chi connectivity index (χ4v) is 3.03. The van der Waals surface area contributed by atoms with Crippen LogP contribution in [0.2, 0.25) is 0 Å². The molecule has 0 fully saturated rings. The molecule has 0 aliphatic rings. The Kier molecular flexibility index (Phi) is 4.60. The smallest absolute Gasteiger partial charge is 0.167 e. The topological polar surface area (TPSA) is 27.1 Å². The van der Waals surface area contributed by atoms with Crippen molar-refractivity contribution in [2.45, 2.75) is 15.8 Å². The van der Waals surface area contributed by atoms with Gasteiger partial charge in [0, 0.05) is 30.1 Å². The molecule has 1 heterocycles. The van der Waals surface area contributed by atoms with Crippen LogP contribution in [0, 0.1) is 0 Å². The molecule has 1 aromatic carbocycles. The van der Waals surface area contributed by atoms with E-state index < -0.39 is 0 Å². The molecule has 0 aliphatic heterocycles. The Bertz CT molecular complexity index is 525. The number of hydrogen-bond acceptors (Lipinski definition) is 4. The number of aromatic nitrogens is 2. The zero-order valence-electron chi connectivity index (χ0n) is 10.7. The second-order valence-electron chi connectivity index (χ2n) is 3.80. The zero-order chi connectivity index (χ0) is 13.0. The molecular weight excluding hydrogens is 264 g/mol. The van der Waals surface area contributed by atoms with Gasteiger partial charge in [-0.2, -0.15) is 0 Å². The third-order valence-electron chi connectivity index (χ3n) is 2.59. The normalized spacial score (nSPS) is 10.6. The first-order valence-electron chi connectivity index (χ1n) is 5.55. The maximum absolute atomic E-state index is 5.39. The first-order valence-corrected chi connectivity index (χ1v) is 7.76. The van der Waals surface area contributed by atoms with Gasteiger partial charge in [-0.05, 0) is 24.0 Å². The van der Waals surface area contributed by atoms with Gasteiger partial charge in [-0.15, -0.1) is 11.8 Å². The average Bonchev–Trinajstić information content (AvgIpc) is 2.81. The fraction of sp³-hybridized carbons (Fsp3) is 0.308. The number of hydrogen-bond donors (Lipinski definition) is 0. The number of benzene rings is 1. The van der Waals surface area contributed by atoms with Crippen LogP contribution >= 0.6 is 23.5 Å². The van der Waals surface area contributed by atoms with Crippen molar-refractivity contribution in [3.8, 4) is 5.75 Å². The molecule has 0 atom stereocenters. The lowest BCUT2D eigenvalue weighted by molar-refractivity contribution is 0.404. The molecule has 0 bridgehead atoms. The van der Waals surface area contributed by atoms with Crippen molar-refractivity contribution in [3.05, 3.63) is 36.2 Å². The van der Waals surface area contributed by atoms with Crippen LogP contribution in [0.4, 0.5) is 0 Å². The van der Waals surface area contributed by atoms with Crippen molar-refractivity contribution in [2.24, 2.45) is 7.05 Å². The van der Waals surface area contributed by atoms with Crippen molar-refractivity contribution < 1.29 is 4.74 Å². The molecule has 18 heavy (non-hydrogen) atoms. The number of nitrogens with zero attached hydrogens (tertiary/aromatic N) is 2. The highest BCUT2D eigenvalue weighted by Crippen LogP contribution is 2.30. The fourth-order valence-electron chi connectivity index (χ4n) is 1.61. The van der Waals surface area contributed by atoms with E-state index in [1.54, 1.807) is 30.6 Å². The van der Waals surface area contributed by atoms with Gasteiger partial charge in [-0.1, -0.05) is 17.8 Å². The van der Waals surface area contributed by atoms with Crippen LogP contribution in [0.3, 0.4) is 0 Å². The minimum atomic E-state index is 0.899. The second-order valence-corrected chi connectivity index (χ2v) is 5.59. The molecule has 3 nitrogen and oxygen atoms in total. The summed E-state index contributed by atoms with van der Waals surface area (Å²) in [5.41, 5.74) is 1.25. The number of aryl methyl sites for hydroxylation is 1. The van der Waals surface area contributed by atoms with Crippen LogP contribution in [0.1, 0.15) is 5.56 Å². The molecule has 0 N–H and O–H groups in total. The van der Waals surface area contributed by atoms with Gasteiger partial charge >= 0.3 is 0 Å². The lowest BCUT2D eigenvalue weighted by Crippen LogP contribution is -1.91. The summed E-state index contributed by atoms with van der Waals surface area (Å²) in [6.07, 6.45) is 5.83. The Hall–Kier alpha value is -1.07. The monoisotopic (exact) mass is 280 g/mol. The third kappa shape index (κ3) is 3.03. The van der Waals surface area contributed by atoms with Gasteiger partial charge in [0.15, 0.2) is 5.16 Å². The van der Waals surface area contributed by atoms with E-state index in [-0.39, 0.29) is 0 Å². The summed E-state index contributed by atoms with van der Waals surface area (Å²) < 4.78 is 7.41. The third-order valence-corrected chi connectivity index (χ3v) is 4.50. The summed E-state index contributed by atoms with van der Waals surface area (Å²) in [5, 5.41) is 1.03. The van der Waals surface area contributed by atoms with E-state index in [4.69, 9.17) is 4.74 Å². The molecular formula is C13H16N2OS2. The van der Waals surface area contributed by atoms with Crippen molar-refractivity contribution in [1.29, 1.82) is 0 Å². The standard InChI is InChI=1S/C13H16N2OS2/c1-15-7-6-14-13(15)18-9-10-4-5-12(17-3)11(8-10)16-2/h4-8H,9H2,1-3H3. The van der Waals surface area contributed by atoms with E-state index in [2.05, 4.69) is 29.4 Å². The van der Waals surface area contributed by atoms with Gasteiger partial charge in [-0.25, -0.2) is 4.98 Å². The molecule has 2 rings (SSSR count). The quantitative estimate of drug-likeness (QED) is 0.784. The number of methoxy groups -OCH3 is 1. The van der Waals surface area contributed by atoms with E-state index in [0.29, 0.717) is 0 Å². The summed E-state index contributed by atoms with van der Waals surface area (Å²) in [4.78, 5) is 5.47. The van der Waals surface area contributed by atoms with Crippen LogP contribution in [0.5, 0.6) is 5.75 Å². The molecule has 0 amide bonds. The highest BCUT2D eigenvalue weighted by molar-refractivity contribution is 7.98. The molecule has 96 valence electrons. The number of ether oxygens (including phenoxy) is 1. The summed E-state index contributed by atoms with van der Waals surface area (Å²) in [7, 11) is 3.72. The highest BCUT2D eigenvalue weighted by atomic mass is 32.2. The second kappa shape index (κ2) is 6.20. The van der Waals surface area contributed by atoms with E-state index in [1.165, 1.54) is 10.5 Å². The Morgan fingerprint density at radius 2 is 2.22 bits per heavy atom. The zero-order valence-corrected chi connectivity index (χ0v) is 12.3. The van der Waals surface area contributed by atoms with Crippen LogP contribution in [-0.4, -0.2) is 22.9 Å². The molecule has 1 aromatic heterocycles. The van der Waals surface area contributed by atoms with Crippen molar-refractivity contribution >= 4 is 23.5 Å². The first kappa shape index (κ1) is 13.4. The predicted molar refractivity (Wildman–Crippen MR) is 77.5 cm³/mol. The van der Waals surface area contributed by atoms with Gasteiger partial charge in [0.25, 0.3) is 0 Å². The number of rotatable bonds is 5. The summed E-state index contributed by atoms with van der Waals surface area (Å²) in [6.45, 7) is 0. The van der Waals surface area contributed by atoms with Crippen molar-refractivity contribution in [2.75, 3.05) is 13.4 Å². The van der Waals surface area contributed by atoms with Gasteiger partial charge < -0.3 is 9.30 Å². The van der Waals surface area contributed by atoms with Gasteiger partial charge in [-0.3, -0.25) is 0 Å². The highest BCUT2D eigenvalue weighted by Gasteiger charge is 2.05. The lowest BCUT2D eigenvalue weighted by Gasteiger charge is -2.08. The maximum Gasteiger partial charge on any atom is 0.167 e. The Labute approximate surface area is 116 Å². The maximum atomic E-state index is 5.39. The van der Waals surface area contributed by atoms with Crippen LogP contribution in [-0.2, 0) is 12.8 Å². The van der Waals surface area contributed by atoms with Crippen LogP contribution in [0.15, 0.2) is 40.6 Å². The van der Waals surface area contributed by atoms with Gasteiger partial charge in [0.1, 0.15) is 5.75 Å². The molecule has 0 saturated carbocycles. The molecule has 2 aromatic rings. The van der Waals surface area contributed by atoms with Crippen molar-refractivity contribution in [3.63, 3.8) is 0 Å². The molecule has 0 unspecified atom stereocenters. The lowest BCUT2D eigenvalue weighted by atomic mass is 10.2. The van der Waals surface area contributed by atoms with E-state index >= 15 is 0 Å². The van der Waals surface area contributed by atoms with E-state index in [0.717, 1.165) is 16.7 Å². The summed E-state index contributed by atoms with van der Waals surface area (Å²) >= 11 is 3.43. The number of imidazole rings is 1. The molecule has 0 spiro atoms. The Morgan fingerprint density at radius 1 is 1.39 bits per heavy atom. The molecule has 0 saturated heterocycles. The average molecular weight is 280 g/mol. The minimum absolute atomic E-state index is 0.899. The molecule has 0 aliphatic carbocycles. The Morgan fingerprint density at radius 3 is 2.83 bits per heavy atom. The van der Waals surface area contributed by atoms with Crippen LogP contribution in [0.25, 0.3) is 0 Å².